The van der Waals surface area contributed by atoms with E-state index in [4.69, 9.17) is 4.74 Å². The number of nitrogens with zero attached hydrogens (tertiary/aromatic N) is 1. The maximum atomic E-state index is 12.5. The summed E-state index contributed by atoms with van der Waals surface area (Å²) in [7, 11) is 1.84. The van der Waals surface area contributed by atoms with Gasteiger partial charge in [0.1, 0.15) is 0 Å². The van der Waals surface area contributed by atoms with Crippen molar-refractivity contribution < 1.29 is 9.53 Å². The third-order valence-corrected chi connectivity index (χ3v) is 3.67. The van der Waals surface area contributed by atoms with E-state index in [0.29, 0.717) is 6.54 Å². The molecule has 1 N–H and O–H groups in total. The number of rotatable bonds is 3. The van der Waals surface area contributed by atoms with Crippen molar-refractivity contribution >= 4 is 16.8 Å². The standard InChI is InChI=1S/C15H18N2O2/c1-17(10-11-5-4-8-19-11)15(18)13-9-16-14-7-3-2-6-12(13)14/h2-3,6-7,9,11,16H,4-5,8,10H2,1H3. The molecular formula is C15H18N2O2. The van der Waals surface area contributed by atoms with Gasteiger partial charge in [-0.05, 0) is 18.9 Å². The van der Waals surface area contributed by atoms with Gasteiger partial charge in [-0.15, -0.1) is 0 Å². The van der Waals surface area contributed by atoms with Crippen molar-refractivity contribution in [1.29, 1.82) is 0 Å². The number of hydrogen-bond donors (Lipinski definition) is 1. The lowest BCUT2D eigenvalue weighted by Gasteiger charge is -2.20. The molecule has 0 saturated carbocycles. The maximum absolute atomic E-state index is 12.5. The first kappa shape index (κ1) is 12.2. The Bertz CT molecular complexity index is 585. The lowest BCUT2D eigenvalue weighted by atomic mass is 10.1. The molecule has 4 nitrogen and oxygen atoms in total. The fraction of sp³-hybridized carbons (Fsp3) is 0.400. The number of ether oxygens (including phenoxy) is 1. The van der Waals surface area contributed by atoms with E-state index in [1.54, 1.807) is 11.1 Å². The summed E-state index contributed by atoms with van der Waals surface area (Å²) in [4.78, 5) is 17.4. The van der Waals surface area contributed by atoms with Crippen molar-refractivity contribution in [2.75, 3.05) is 20.2 Å². The van der Waals surface area contributed by atoms with E-state index in [0.717, 1.165) is 35.9 Å². The zero-order valence-electron chi connectivity index (χ0n) is 11.1. The molecule has 2 heterocycles. The van der Waals surface area contributed by atoms with Gasteiger partial charge < -0.3 is 14.6 Å². The van der Waals surface area contributed by atoms with Crippen LogP contribution in [0.5, 0.6) is 0 Å². The van der Waals surface area contributed by atoms with Crippen molar-refractivity contribution in [1.82, 2.24) is 9.88 Å². The van der Waals surface area contributed by atoms with Crippen molar-refractivity contribution in [3.8, 4) is 0 Å². The van der Waals surface area contributed by atoms with Crippen LogP contribution in [0, 0.1) is 0 Å². The topological polar surface area (TPSA) is 45.3 Å². The van der Waals surface area contributed by atoms with Gasteiger partial charge >= 0.3 is 0 Å². The van der Waals surface area contributed by atoms with E-state index in [-0.39, 0.29) is 12.0 Å². The normalized spacial score (nSPS) is 18.9. The molecule has 0 spiro atoms. The summed E-state index contributed by atoms with van der Waals surface area (Å²) in [5.74, 6) is 0.0490. The molecule has 1 aromatic heterocycles. The van der Waals surface area contributed by atoms with Gasteiger partial charge in [-0.25, -0.2) is 0 Å². The van der Waals surface area contributed by atoms with Gasteiger partial charge in [-0.2, -0.15) is 0 Å². The highest BCUT2D eigenvalue weighted by molar-refractivity contribution is 6.06. The Hall–Kier alpha value is -1.81. The maximum Gasteiger partial charge on any atom is 0.255 e. The number of carbonyl (C=O) groups is 1. The first-order valence-corrected chi connectivity index (χ1v) is 6.69. The van der Waals surface area contributed by atoms with Crippen LogP contribution in [0.1, 0.15) is 23.2 Å². The van der Waals surface area contributed by atoms with Gasteiger partial charge in [-0.3, -0.25) is 4.79 Å². The van der Waals surface area contributed by atoms with Crippen molar-refractivity contribution in [3.05, 3.63) is 36.0 Å². The van der Waals surface area contributed by atoms with Crippen LogP contribution in [0.15, 0.2) is 30.5 Å². The molecular weight excluding hydrogens is 240 g/mol. The van der Waals surface area contributed by atoms with Crippen LogP contribution in [0.4, 0.5) is 0 Å². The summed E-state index contributed by atoms with van der Waals surface area (Å²) >= 11 is 0. The minimum atomic E-state index is 0.0490. The number of H-pyrrole nitrogens is 1. The van der Waals surface area contributed by atoms with E-state index in [2.05, 4.69) is 4.98 Å². The lowest BCUT2D eigenvalue weighted by Crippen LogP contribution is -2.33. The molecule has 1 saturated heterocycles. The quantitative estimate of drug-likeness (QED) is 0.919. The predicted octanol–water partition coefficient (Wildman–Crippen LogP) is 2.42. The van der Waals surface area contributed by atoms with Gasteiger partial charge in [0.25, 0.3) is 5.91 Å². The van der Waals surface area contributed by atoms with Crippen LogP contribution in [0.2, 0.25) is 0 Å². The van der Waals surface area contributed by atoms with E-state index < -0.39 is 0 Å². The average molecular weight is 258 g/mol. The molecule has 1 fully saturated rings. The Morgan fingerprint density at radius 3 is 3.11 bits per heavy atom. The highest BCUT2D eigenvalue weighted by Gasteiger charge is 2.22. The van der Waals surface area contributed by atoms with Crippen molar-refractivity contribution in [2.24, 2.45) is 0 Å². The number of hydrogen-bond acceptors (Lipinski definition) is 2. The fourth-order valence-corrected chi connectivity index (χ4v) is 2.63. The molecule has 4 heteroatoms. The van der Waals surface area contributed by atoms with Gasteiger partial charge in [0.15, 0.2) is 0 Å². The zero-order valence-corrected chi connectivity index (χ0v) is 11.1. The average Bonchev–Trinajstić information content (AvgIpc) is 3.06. The molecule has 3 rings (SSSR count). The Labute approximate surface area is 112 Å². The summed E-state index contributed by atoms with van der Waals surface area (Å²) in [6.45, 7) is 1.48. The molecule has 1 amide bonds. The number of likely N-dealkylation sites (N-methyl/N-ethyl adjacent to an activating group) is 1. The largest absolute Gasteiger partial charge is 0.376 e. The molecule has 0 aliphatic carbocycles. The molecule has 1 aliphatic rings. The molecule has 100 valence electrons. The minimum Gasteiger partial charge on any atom is -0.376 e. The van der Waals surface area contributed by atoms with E-state index in [1.807, 2.05) is 31.3 Å². The van der Waals surface area contributed by atoms with Crippen LogP contribution in [-0.2, 0) is 4.74 Å². The number of benzene rings is 1. The second-order valence-corrected chi connectivity index (χ2v) is 5.07. The molecule has 1 aliphatic heterocycles. The molecule has 19 heavy (non-hydrogen) atoms. The van der Waals surface area contributed by atoms with Crippen LogP contribution in [0.25, 0.3) is 10.9 Å². The van der Waals surface area contributed by atoms with Gasteiger partial charge in [0.05, 0.1) is 11.7 Å². The number of nitrogens with one attached hydrogen (secondary N) is 1. The monoisotopic (exact) mass is 258 g/mol. The van der Waals surface area contributed by atoms with E-state index in [1.165, 1.54) is 0 Å². The number of carbonyl (C=O) groups excluding carboxylic acids is 1. The smallest absolute Gasteiger partial charge is 0.255 e. The Balaban J connectivity index is 1.78. The summed E-state index contributed by atoms with van der Waals surface area (Å²) in [6.07, 6.45) is 4.13. The van der Waals surface area contributed by atoms with E-state index >= 15 is 0 Å². The Morgan fingerprint density at radius 2 is 2.32 bits per heavy atom. The number of aromatic amines is 1. The van der Waals surface area contributed by atoms with Crippen molar-refractivity contribution in [2.45, 2.75) is 18.9 Å². The molecule has 0 radical (unpaired) electrons. The third-order valence-electron chi connectivity index (χ3n) is 3.67. The molecule has 1 atom stereocenters. The Kier molecular flexibility index (Phi) is 3.25. The van der Waals surface area contributed by atoms with Crippen LogP contribution in [-0.4, -0.2) is 42.1 Å². The number of para-hydroxylation sites is 1. The number of fused-ring (bicyclic) bond motifs is 1. The lowest BCUT2D eigenvalue weighted by molar-refractivity contribution is 0.0588. The fourth-order valence-electron chi connectivity index (χ4n) is 2.63. The molecule has 1 unspecified atom stereocenters. The second-order valence-electron chi connectivity index (χ2n) is 5.07. The summed E-state index contributed by atoms with van der Waals surface area (Å²) in [6, 6.07) is 7.86. The Morgan fingerprint density at radius 1 is 1.47 bits per heavy atom. The zero-order chi connectivity index (χ0) is 13.2. The highest BCUT2D eigenvalue weighted by atomic mass is 16.5. The molecule has 2 aromatic rings. The summed E-state index contributed by atoms with van der Waals surface area (Å²) < 4.78 is 5.58. The first-order valence-electron chi connectivity index (χ1n) is 6.69. The third kappa shape index (κ3) is 2.36. The van der Waals surface area contributed by atoms with Gasteiger partial charge in [-0.1, -0.05) is 18.2 Å². The van der Waals surface area contributed by atoms with Gasteiger partial charge in [0, 0.05) is 37.3 Å². The summed E-state index contributed by atoms with van der Waals surface area (Å²) in [5, 5.41) is 0.978. The summed E-state index contributed by atoms with van der Waals surface area (Å²) in [5.41, 5.74) is 1.73. The van der Waals surface area contributed by atoms with Crippen molar-refractivity contribution in [3.63, 3.8) is 0 Å². The first-order chi connectivity index (χ1) is 9.25. The number of aromatic nitrogens is 1. The predicted molar refractivity (Wildman–Crippen MR) is 74.2 cm³/mol. The van der Waals surface area contributed by atoms with E-state index in [9.17, 15) is 4.79 Å². The second kappa shape index (κ2) is 5.05. The minimum absolute atomic E-state index is 0.0490. The van der Waals surface area contributed by atoms with Crippen LogP contribution < -0.4 is 0 Å². The SMILES string of the molecule is CN(CC1CCCO1)C(=O)c1c[nH]c2ccccc12. The van der Waals surface area contributed by atoms with Gasteiger partial charge in [0.2, 0.25) is 0 Å². The molecule has 0 bridgehead atoms. The number of amides is 1. The molecule has 1 aromatic carbocycles. The van der Waals surface area contributed by atoms with Crippen LogP contribution >= 0.6 is 0 Å². The highest BCUT2D eigenvalue weighted by Crippen LogP contribution is 2.20. The van der Waals surface area contributed by atoms with Crippen LogP contribution in [0.3, 0.4) is 0 Å².